The van der Waals surface area contributed by atoms with Gasteiger partial charge in [-0.15, -0.1) is 0 Å². The number of sulfonamides is 1. The maximum Gasteiger partial charge on any atom is 0.232 e. The average Bonchev–Trinajstić information content (AvgIpc) is 2.39. The summed E-state index contributed by atoms with van der Waals surface area (Å²) in [6.07, 6.45) is 0.430. The fourth-order valence-corrected chi connectivity index (χ4v) is 2.71. The smallest absolute Gasteiger partial charge is 0.232 e. The third-order valence-electron chi connectivity index (χ3n) is 2.33. The van der Waals surface area contributed by atoms with Crippen LogP contribution in [0.4, 0.5) is 5.69 Å². The number of hydrogen-bond donors (Lipinski definition) is 2. The second-order valence-electron chi connectivity index (χ2n) is 3.97. The van der Waals surface area contributed by atoms with Crippen molar-refractivity contribution in [2.75, 3.05) is 30.7 Å². The lowest BCUT2D eigenvalue weighted by molar-refractivity contribution is 0.199. The third-order valence-corrected chi connectivity index (χ3v) is 4.03. The molecule has 0 bridgehead atoms. The highest BCUT2D eigenvalue weighted by atomic mass is 35.5. The topological polar surface area (TPSA) is 81.4 Å². The van der Waals surface area contributed by atoms with Crippen LogP contribution in [-0.2, 0) is 14.8 Å². The van der Waals surface area contributed by atoms with E-state index < -0.39 is 10.0 Å². The van der Waals surface area contributed by atoms with Gasteiger partial charge in [-0.25, -0.2) is 8.42 Å². The lowest BCUT2D eigenvalue weighted by Gasteiger charge is -2.08. The molecular formula is C13H17ClN2O3S. The van der Waals surface area contributed by atoms with E-state index in [9.17, 15) is 8.42 Å². The van der Waals surface area contributed by atoms with E-state index in [0.29, 0.717) is 29.3 Å². The summed E-state index contributed by atoms with van der Waals surface area (Å²) in [7, 11) is -1.87. The van der Waals surface area contributed by atoms with Gasteiger partial charge in [0.1, 0.15) is 0 Å². The van der Waals surface area contributed by atoms with Crippen LogP contribution >= 0.6 is 11.6 Å². The van der Waals surface area contributed by atoms with Crippen molar-refractivity contribution in [1.29, 1.82) is 0 Å². The molecule has 0 aromatic heterocycles. The van der Waals surface area contributed by atoms with Crippen molar-refractivity contribution in [1.82, 2.24) is 0 Å². The molecule has 3 N–H and O–H groups in total. The summed E-state index contributed by atoms with van der Waals surface area (Å²) in [4.78, 5) is 0. The second kappa shape index (κ2) is 8.12. The number of benzene rings is 1. The summed E-state index contributed by atoms with van der Waals surface area (Å²) < 4.78 is 31.0. The number of anilines is 1. The zero-order valence-corrected chi connectivity index (χ0v) is 12.7. The van der Waals surface area contributed by atoms with Gasteiger partial charge in [0.05, 0.1) is 17.3 Å². The van der Waals surface area contributed by atoms with Crippen molar-refractivity contribution in [3.63, 3.8) is 0 Å². The van der Waals surface area contributed by atoms with Crippen LogP contribution in [0.5, 0.6) is 0 Å². The van der Waals surface area contributed by atoms with Crippen LogP contribution < -0.4 is 10.5 Å². The van der Waals surface area contributed by atoms with Crippen LogP contribution in [0.2, 0.25) is 5.02 Å². The van der Waals surface area contributed by atoms with Crippen molar-refractivity contribution in [2.24, 2.45) is 5.73 Å². The Kier molecular flexibility index (Phi) is 6.82. The van der Waals surface area contributed by atoms with Gasteiger partial charge in [0.2, 0.25) is 10.0 Å². The minimum atomic E-state index is -3.40. The number of nitrogens with two attached hydrogens (primary N) is 1. The number of nitrogens with one attached hydrogen (secondary N) is 1. The lowest BCUT2D eigenvalue weighted by atomic mass is 10.2. The van der Waals surface area contributed by atoms with E-state index in [0.717, 1.165) is 0 Å². The fraction of sp³-hybridized carbons (Fsp3) is 0.385. The van der Waals surface area contributed by atoms with Crippen LogP contribution in [0.15, 0.2) is 18.2 Å². The van der Waals surface area contributed by atoms with E-state index in [4.69, 9.17) is 22.1 Å². The Bertz CT molecular complexity index is 606. The molecule has 5 nitrogen and oxygen atoms in total. The summed E-state index contributed by atoms with van der Waals surface area (Å²) in [6, 6.07) is 4.76. The van der Waals surface area contributed by atoms with Crippen molar-refractivity contribution >= 4 is 27.3 Å². The Labute approximate surface area is 124 Å². The molecule has 1 rings (SSSR count). The first-order valence-corrected chi connectivity index (χ1v) is 7.99. The first-order chi connectivity index (χ1) is 9.48. The number of ether oxygens (including phenoxy) is 1. The summed E-state index contributed by atoms with van der Waals surface area (Å²) >= 11 is 5.97. The van der Waals surface area contributed by atoms with E-state index in [1.165, 1.54) is 7.11 Å². The van der Waals surface area contributed by atoms with Crippen molar-refractivity contribution in [3.05, 3.63) is 28.8 Å². The van der Waals surface area contributed by atoms with Gasteiger partial charge in [-0.2, -0.15) is 0 Å². The number of halogens is 1. The molecule has 0 atom stereocenters. The summed E-state index contributed by atoms with van der Waals surface area (Å²) in [5.41, 5.74) is 6.25. The van der Waals surface area contributed by atoms with Gasteiger partial charge in [-0.05, 0) is 24.6 Å². The summed E-state index contributed by atoms with van der Waals surface area (Å²) in [5, 5.41) is 0.452. The molecule has 0 aliphatic rings. The SMILES string of the molecule is COCCCS(=O)(=O)Nc1ccc(Cl)c(C#CCN)c1. The first-order valence-electron chi connectivity index (χ1n) is 5.96. The van der Waals surface area contributed by atoms with Crippen molar-refractivity contribution in [3.8, 4) is 11.8 Å². The van der Waals surface area contributed by atoms with Crippen LogP contribution in [-0.4, -0.2) is 34.4 Å². The number of methoxy groups -OCH3 is 1. The standard InChI is InChI=1S/C13H17ClN2O3S/c1-19-8-3-9-20(17,18)16-12-5-6-13(14)11(10-12)4-2-7-15/h5-6,10,16H,3,7-9,15H2,1H3. The first kappa shape index (κ1) is 16.8. The van der Waals surface area contributed by atoms with Crippen LogP contribution in [0.3, 0.4) is 0 Å². The highest BCUT2D eigenvalue weighted by Crippen LogP contribution is 2.20. The monoisotopic (exact) mass is 316 g/mol. The van der Waals surface area contributed by atoms with Gasteiger partial charge in [0, 0.05) is 25.0 Å². The zero-order chi connectivity index (χ0) is 15.0. The Morgan fingerprint density at radius 3 is 2.85 bits per heavy atom. The summed E-state index contributed by atoms with van der Waals surface area (Å²) in [5.74, 6) is 5.46. The van der Waals surface area contributed by atoms with Gasteiger partial charge >= 0.3 is 0 Å². The molecular weight excluding hydrogens is 300 g/mol. The Balaban J connectivity index is 2.82. The van der Waals surface area contributed by atoms with Crippen LogP contribution in [0.25, 0.3) is 0 Å². The zero-order valence-electron chi connectivity index (χ0n) is 11.1. The minimum absolute atomic E-state index is 0.00667. The fourth-order valence-electron chi connectivity index (χ4n) is 1.45. The highest BCUT2D eigenvalue weighted by Gasteiger charge is 2.10. The maximum absolute atomic E-state index is 11.8. The molecule has 7 heteroatoms. The quantitative estimate of drug-likeness (QED) is 0.614. The van der Waals surface area contributed by atoms with Crippen molar-refractivity contribution in [2.45, 2.75) is 6.42 Å². The molecule has 0 unspecified atom stereocenters. The maximum atomic E-state index is 11.8. The molecule has 0 aliphatic carbocycles. The molecule has 20 heavy (non-hydrogen) atoms. The predicted octanol–water partition coefficient (Wildman–Crippen LogP) is 1.43. The molecule has 0 radical (unpaired) electrons. The van der Waals surface area contributed by atoms with Gasteiger partial charge in [-0.1, -0.05) is 23.4 Å². The van der Waals surface area contributed by atoms with E-state index in [1.807, 2.05) is 0 Å². The molecule has 1 aromatic rings. The lowest BCUT2D eigenvalue weighted by Crippen LogP contribution is -2.17. The van der Waals surface area contributed by atoms with Crippen LogP contribution in [0.1, 0.15) is 12.0 Å². The van der Waals surface area contributed by atoms with E-state index in [1.54, 1.807) is 18.2 Å². The number of rotatable bonds is 6. The van der Waals surface area contributed by atoms with Gasteiger partial charge in [-0.3, -0.25) is 4.72 Å². The Morgan fingerprint density at radius 2 is 2.20 bits per heavy atom. The number of hydrogen-bond acceptors (Lipinski definition) is 4. The molecule has 0 saturated carbocycles. The van der Waals surface area contributed by atoms with E-state index >= 15 is 0 Å². The molecule has 0 saturated heterocycles. The van der Waals surface area contributed by atoms with Gasteiger partial charge < -0.3 is 10.5 Å². The Hall–Kier alpha value is -1.26. The van der Waals surface area contributed by atoms with E-state index in [2.05, 4.69) is 16.6 Å². The summed E-state index contributed by atoms with van der Waals surface area (Å²) in [6.45, 7) is 0.609. The largest absolute Gasteiger partial charge is 0.385 e. The second-order valence-corrected chi connectivity index (χ2v) is 6.22. The van der Waals surface area contributed by atoms with Crippen LogP contribution in [0, 0.1) is 11.8 Å². The minimum Gasteiger partial charge on any atom is -0.385 e. The molecule has 0 spiro atoms. The molecule has 1 aromatic carbocycles. The average molecular weight is 317 g/mol. The molecule has 0 fully saturated rings. The van der Waals surface area contributed by atoms with E-state index in [-0.39, 0.29) is 12.3 Å². The molecule has 110 valence electrons. The molecule has 0 amide bonds. The highest BCUT2D eigenvalue weighted by molar-refractivity contribution is 7.92. The Morgan fingerprint density at radius 1 is 1.45 bits per heavy atom. The van der Waals surface area contributed by atoms with Gasteiger partial charge in [0.15, 0.2) is 0 Å². The van der Waals surface area contributed by atoms with Crippen molar-refractivity contribution < 1.29 is 13.2 Å². The van der Waals surface area contributed by atoms with Gasteiger partial charge in [0.25, 0.3) is 0 Å². The predicted molar refractivity (Wildman–Crippen MR) is 81.3 cm³/mol. The molecule has 0 aliphatic heterocycles. The third kappa shape index (κ3) is 5.80. The molecule has 0 heterocycles. The normalized spacial score (nSPS) is 10.8.